The third kappa shape index (κ3) is 4.28. The van der Waals surface area contributed by atoms with Gasteiger partial charge in [-0.2, -0.15) is 4.99 Å². The fourth-order valence-corrected chi connectivity index (χ4v) is 5.73. The van der Waals surface area contributed by atoms with Crippen molar-refractivity contribution in [3.63, 3.8) is 0 Å². The number of nitrogens with two attached hydrogens (primary N) is 1. The number of aromatic nitrogens is 2. The molecule has 2 aromatic rings. The summed E-state index contributed by atoms with van der Waals surface area (Å²) in [5.74, 6) is 1.28. The Hall–Kier alpha value is -2.38. The highest BCUT2D eigenvalue weighted by Crippen LogP contribution is 2.42. The van der Waals surface area contributed by atoms with E-state index in [0.29, 0.717) is 16.5 Å². The molecule has 3 aliphatic heterocycles. The van der Waals surface area contributed by atoms with Crippen molar-refractivity contribution in [2.24, 2.45) is 16.1 Å². The third-order valence-electron chi connectivity index (χ3n) is 6.74. The second kappa shape index (κ2) is 9.11. The maximum atomic E-state index is 7.12. The lowest BCUT2D eigenvalue weighted by molar-refractivity contribution is 0.0974. The summed E-state index contributed by atoms with van der Waals surface area (Å²) in [6.07, 6.45) is 5.21. The molecule has 0 saturated carbocycles. The van der Waals surface area contributed by atoms with E-state index in [0.717, 1.165) is 48.3 Å². The smallest absolute Gasteiger partial charge is 0.351 e. The van der Waals surface area contributed by atoms with Crippen molar-refractivity contribution in [3.05, 3.63) is 52.6 Å². The maximum Gasteiger partial charge on any atom is 0.351 e. The van der Waals surface area contributed by atoms with Crippen molar-refractivity contribution in [1.29, 1.82) is 0 Å². The fourth-order valence-electron chi connectivity index (χ4n) is 4.62. The number of piperidine rings is 1. The van der Waals surface area contributed by atoms with E-state index in [1.54, 1.807) is 6.20 Å². The van der Waals surface area contributed by atoms with Crippen LogP contribution in [0.15, 0.2) is 45.5 Å². The number of hydrogen-bond acceptors (Lipinski definition) is 8. The Morgan fingerprint density at radius 3 is 2.73 bits per heavy atom. The molecule has 0 aliphatic carbocycles. The highest BCUT2D eigenvalue weighted by Gasteiger charge is 2.47. The minimum absolute atomic E-state index is 0.0863. The molecule has 5 rings (SSSR count). The van der Waals surface area contributed by atoms with Crippen LogP contribution in [0.4, 0.5) is 5.82 Å². The van der Waals surface area contributed by atoms with E-state index in [2.05, 4.69) is 31.6 Å². The van der Waals surface area contributed by atoms with E-state index < -0.39 is 6.17 Å². The molecule has 1 aromatic heterocycles. The van der Waals surface area contributed by atoms with Gasteiger partial charge in [-0.25, -0.2) is 16.5 Å². The Kier molecular flexibility index (Phi) is 6.18. The largest absolute Gasteiger partial charge is 0.467 e. The van der Waals surface area contributed by atoms with Crippen molar-refractivity contribution >= 4 is 35.1 Å². The van der Waals surface area contributed by atoms with Crippen molar-refractivity contribution in [2.75, 3.05) is 31.2 Å². The van der Waals surface area contributed by atoms with E-state index in [9.17, 15) is 0 Å². The molecule has 3 atom stereocenters. The van der Waals surface area contributed by atoms with Gasteiger partial charge in [0.15, 0.2) is 6.61 Å². The van der Waals surface area contributed by atoms with Crippen molar-refractivity contribution < 1.29 is 9.47 Å². The van der Waals surface area contributed by atoms with Crippen LogP contribution in [0, 0.1) is 12.0 Å². The van der Waals surface area contributed by atoms with Gasteiger partial charge in [-0.05, 0) is 31.9 Å². The summed E-state index contributed by atoms with van der Waals surface area (Å²) in [6, 6.07) is 5.76. The van der Waals surface area contributed by atoms with Crippen LogP contribution in [-0.2, 0) is 9.47 Å². The predicted octanol–water partition coefficient (Wildman–Crippen LogP) is 3.64. The molecule has 2 saturated heterocycles. The highest BCUT2D eigenvalue weighted by molar-refractivity contribution is 7.99. The first-order valence-corrected chi connectivity index (χ1v) is 12.2. The molecule has 0 bridgehead atoms. The quantitative estimate of drug-likeness (QED) is 0.662. The summed E-state index contributed by atoms with van der Waals surface area (Å²) in [6.45, 7) is 12.0. The van der Waals surface area contributed by atoms with Gasteiger partial charge in [0.1, 0.15) is 10.8 Å². The summed E-state index contributed by atoms with van der Waals surface area (Å²) in [4.78, 5) is 20.1. The van der Waals surface area contributed by atoms with Gasteiger partial charge in [-0.15, -0.1) is 0 Å². The number of rotatable bonds is 4. The highest BCUT2D eigenvalue weighted by atomic mass is 35.5. The van der Waals surface area contributed by atoms with Gasteiger partial charge < -0.3 is 20.1 Å². The number of anilines is 1. The van der Waals surface area contributed by atoms with Crippen LogP contribution in [0.25, 0.3) is 4.85 Å². The second-order valence-electron chi connectivity index (χ2n) is 8.68. The minimum Gasteiger partial charge on any atom is -0.467 e. The number of aliphatic imine (C=N–C) groups is 1. The third-order valence-corrected chi connectivity index (χ3v) is 8.24. The van der Waals surface area contributed by atoms with Gasteiger partial charge in [0, 0.05) is 29.4 Å². The zero-order valence-electron chi connectivity index (χ0n) is 18.3. The Labute approximate surface area is 202 Å². The molecule has 4 heterocycles. The molecular weight excluding hydrogens is 460 g/mol. The van der Waals surface area contributed by atoms with Crippen molar-refractivity contribution in [2.45, 2.75) is 48.0 Å². The molecule has 10 heteroatoms. The molecule has 1 unspecified atom stereocenters. The fraction of sp³-hybridized carbons (Fsp3) is 0.478. The molecule has 3 aliphatic rings. The van der Waals surface area contributed by atoms with Crippen LogP contribution in [0.1, 0.15) is 25.3 Å². The van der Waals surface area contributed by atoms with E-state index in [-0.39, 0.29) is 24.2 Å². The summed E-state index contributed by atoms with van der Waals surface area (Å²) >= 11 is 8.06. The number of benzene rings is 1. The molecule has 8 nitrogen and oxygen atoms in total. The standard InChI is InChI=1S/C23H25ClN6O2S/c1-14-21(25)23(13-32-14)6-8-30(9-7-23)18-10-28-19(11-27-18)33-16-5-3-4-15(20(16)24)22-29-17(26-2)12-31-22/h3-5,10-11,14,17,21H,6-9,12-13,25H2,1H3/t14-,17?,21+/m0/s1. The van der Waals surface area contributed by atoms with Crippen LogP contribution in [-0.4, -0.2) is 60.5 Å². The van der Waals surface area contributed by atoms with Gasteiger partial charge in [-0.3, -0.25) is 4.85 Å². The SMILES string of the molecule is [C-]#[N+]C1COC(c2cccc(Sc3cnc(N4CCC5(CC4)CO[C@@H](C)[C@H]5N)cn3)c2Cl)=N1. The molecular formula is C23H25ClN6O2S. The number of nitrogens with zero attached hydrogens (tertiary/aromatic N) is 5. The number of ether oxygens (including phenoxy) is 2. The van der Waals surface area contributed by atoms with Crippen LogP contribution in [0.2, 0.25) is 5.02 Å². The van der Waals surface area contributed by atoms with Crippen molar-refractivity contribution in [3.8, 4) is 0 Å². The van der Waals surface area contributed by atoms with E-state index >= 15 is 0 Å². The molecule has 0 radical (unpaired) electrons. The van der Waals surface area contributed by atoms with Gasteiger partial charge in [0.2, 0.25) is 5.90 Å². The first-order valence-electron chi connectivity index (χ1n) is 11.0. The molecule has 0 amide bonds. The van der Waals surface area contributed by atoms with Gasteiger partial charge in [0.25, 0.3) is 0 Å². The Morgan fingerprint density at radius 2 is 2.09 bits per heavy atom. The Bertz CT molecular complexity index is 1100. The average Bonchev–Trinajstić information content (AvgIpc) is 3.43. The molecule has 1 aromatic carbocycles. The Morgan fingerprint density at radius 1 is 1.27 bits per heavy atom. The Balaban J connectivity index is 1.25. The van der Waals surface area contributed by atoms with Gasteiger partial charge in [0.05, 0.1) is 35.7 Å². The minimum atomic E-state index is -0.504. The monoisotopic (exact) mass is 484 g/mol. The number of halogens is 1. The molecule has 2 N–H and O–H groups in total. The summed E-state index contributed by atoms with van der Waals surface area (Å²) in [7, 11) is 0. The van der Waals surface area contributed by atoms with Crippen LogP contribution >= 0.6 is 23.4 Å². The van der Waals surface area contributed by atoms with Gasteiger partial charge in [-0.1, -0.05) is 29.4 Å². The first-order chi connectivity index (χ1) is 16.0. The van der Waals surface area contributed by atoms with E-state index in [4.69, 9.17) is 33.4 Å². The second-order valence-corrected chi connectivity index (χ2v) is 10.1. The molecule has 2 fully saturated rings. The summed E-state index contributed by atoms with van der Waals surface area (Å²) < 4.78 is 11.4. The average molecular weight is 485 g/mol. The lowest BCUT2D eigenvalue weighted by Gasteiger charge is -2.41. The van der Waals surface area contributed by atoms with E-state index in [1.807, 2.05) is 24.4 Å². The molecule has 1 spiro atoms. The number of hydrogen-bond donors (Lipinski definition) is 1. The zero-order valence-corrected chi connectivity index (χ0v) is 19.8. The van der Waals surface area contributed by atoms with Crippen LogP contribution < -0.4 is 10.6 Å². The van der Waals surface area contributed by atoms with E-state index in [1.165, 1.54) is 11.8 Å². The maximum absolute atomic E-state index is 7.12. The molecule has 33 heavy (non-hydrogen) atoms. The summed E-state index contributed by atoms with van der Waals surface area (Å²) in [5, 5.41) is 1.28. The predicted molar refractivity (Wildman–Crippen MR) is 128 cm³/mol. The van der Waals surface area contributed by atoms with Crippen LogP contribution in [0.3, 0.4) is 0 Å². The zero-order chi connectivity index (χ0) is 23.0. The normalized spacial score (nSPS) is 26.2. The lowest BCUT2D eigenvalue weighted by Crippen LogP contribution is -2.50. The van der Waals surface area contributed by atoms with Crippen LogP contribution in [0.5, 0.6) is 0 Å². The van der Waals surface area contributed by atoms with Crippen molar-refractivity contribution in [1.82, 2.24) is 9.97 Å². The first kappa shape index (κ1) is 22.4. The summed E-state index contributed by atoms with van der Waals surface area (Å²) in [5.41, 5.74) is 7.20. The van der Waals surface area contributed by atoms with Gasteiger partial charge >= 0.3 is 6.17 Å². The topological polar surface area (TPSA) is 90.2 Å². The lowest BCUT2D eigenvalue weighted by atomic mass is 9.73. The molecule has 172 valence electrons.